The van der Waals surface area contributed by atoms with Gasteiger partial charge in [0.25, 0.3) is 5.91 Å². The number of esters is 1. The molecule has 12 nitrogen and oxygen atoms in total. The van der Waals surface area contributed by atoms with Gasteiger partial charge >= 0.3 is 12.1 Å². The number of fused-ring (bicyclic) bond motifs is 3. The Morgan fingerprint density at radius 1 is 0.756 bits per heavy atom. The third kappa shape index (κ3) is 8.39. The highest BCUT2D eigenvalue weighted by Gasteiger charge is 2.35. The van der Waals surface area contributed by atoms with E-state index in [0.717, 1.165) is 22.3 Å². The zero-order chi connectivity index (χ0) is 33.4. The molecule has 4 N–H and O–H groups in total. The first-order valence-electron chi connectivity index (χ1n) is 15.2. The van der Waals surface area contributed by atoms with E-state index < -0.39 is 54.0 Å². The Bertz CT molecular complexity index is 1350. The van der Waals surface area contributed by atoms with Crippen molar-refractivity contribution >= 4 is 29.8 Å². The highest BCUT2D eigenvalue weighted by atomic mass is 16.5. The number of alkyl carbamates (subject to hydrolysis) is 1. The molecule has 3 rings (SSSR count). The number of nitrogens with zero attached hydrogens (tertiary/aromatic N) is 1. The molecule has 2 aromatic carbocycles. The summed E-state index contributed by atoms with van der Waals surface area (Å²) in [6.07, 6.45) is -0.792. The van der Waals surface area contributed by atoms with Crippen molar-refractivity contribution in [1.82, 2.24) is 21.0 Å². The van der Waals surface area contributed by atoms with Gasteiger partial charge in [-0.1, -0.05) is 76.2 Å². The molecular formula is C33H44N4O8. The van der Waals surface area contributed by atoms with Crippen LogP contribution in [-0.2, 0) is 28.7 Å². The Morgan fingerprint density at radius 3 is 1.80 bits per heavy atom. The average Bonchev–Trinajstić information content (AvgIpc) is 3.33. The first kappa shape index (κ1) is 35.0. The zero-order valence-electron chi connectivity index (χ0n) is 26.8. The van der Waals surface area contributed by atoms with E-state index in [-0.39, 0.29) is 36.0 Å². The summed E-state index contributed by atoms with van der Waals surface area (Å²) in [5.74, 6) is -3.90. The van der Waals surface area contributed by atoms with Crippen molar-refractivity contribution in [2.45, 2.75) is 78.6 Å². The van der Waals surface area contributed by atoms with Gasteiger partial charge in [0, 0.05) is 5.92 Å². The van der Waals surface area contributed by atoms with Gasteiger partial charge in [0.1, 0.15) is 30.8 Å². The second-order valence-electron chi connectivity index (χ2n) is 11.8. The maximum absolute atomic E-state index is 13.1. The van der Waals surface area contributed by atoms with Gasteiger partial charge in [-0.25, -0.2) is 14.7 Å². The number of rotatable bonds is 13. The lowest BCUT2D eigenvalue weighted by Crippen LogP contribution is -2.58. The predicted molar refractivity (Wildman–Crippen MR) is 166 cm³/mol. The van der Waals surface area contributed by atoms with E-state index in [0.29, 0.717) is 0 Å². The van der Waals surface area contributed by atoms with Crippen LogP contribution in [0, 0.1) is 11.8 Å². The Kier molecular flexibility index (Phi) is 12.1. The van der Waals surface area contributed by atoms with Crippen molar-refractivity contribution in [3.05, 3.63) is 59.7 Å². The molecule has 12 heteroatoms. The summed E-state index contributed by atoms with van der Waals surface area (Å²) >= 11 is 0. The molecule has 0 spiro atoms. The van der Waals surface area contributed by atoms with Crippen molar-refractivity contribution in [2.24, 2.45) is 11.8 Å². The summed E-state index contributed by atoms with van der Waals surface area (Å²) in [6, 6.07) is 11.2. The fraction of sp³-hybridized carbons (Fsp3) is 0.485. The molecule has 0 unspecified atom stereocenters. The molecule has 0 aliphatic heterocycles. The third-order valence-electron chi connectivity index (χ3n) is 7.77. The van der Waals surface area contributed by atoms with Crippen LogP contribution in [0.4, 0.5) is 4.79 Å². The SMILES string of the molecule is CCOC(=O)[C@@H](NC(=O)[C@@H](C)N(O)C(=O)[C@H](C)NC(=O)[C@@H](NC(=O)OCC1c2ccccc2-c2ccccc21)C(C)C)C(C)C. The van der Waals surface area contributed by atoms with Gasteiger partial charge in [-0.05, 0) is 54.9 Å². The van der Waals surface area contributed by atoms with Gasteiger partial charge in [-0.3, -0.25) is 19.6 Å². The van der Waals surface area contributed by atoms with Crippen LogP contribution in [0.3, 0.4) is 0 Å². The molecule has 244 valence electrons. The molecule has 0 heterocycles. The van der Waals surface area contributed by atoms with Gasteiger partial charge < -0.3 is 25.4 Å². The van der Waals surface area contributed by atoms with Crippen LogP contribution in [-0.4, -0.2) is 77.4 Å². The van der Waals surface area contributed by atoms with Crippen molar-refractivity contribution in [3.8, 4) is 11.1 Å². The second-order valence-corrected chi connectivity index (χ2v) is 11.8. The monoisotopic (exact) mass is 624 g/mol. The molecule has 0 saturated carbocycles. The Balaban J connectivity index is 1.58. The first-order chi connectivity index (χ1) is 21.3. The topological polar surface area (TPSA) is 163 Å². The van der Waals surface area contributed by atoms with Crippen LogP contribution in [0.2, 0.25) is 0 Å². The van der Waals surface area contributed by atoms with E-state index in [9.17, 15) is 29.2 Å². The summed E-state index contributed by atoms with van der Waals surface area (Å²) in [7, 11) is 0. The molecule has 2 aromatic rings. The lowest BCUT2D eigenvalue weighted by molar-refractivity contribution is -0.180. The van der Waals surface area contributed by atoms with Crippen LogP contribution < -0.4 is 16.0 Å². The summed E-state index contributed by atoms with van der Waals surface area (Å²) in [5, 5.41) is 18.3. The van der Waals surface area contributed by atoms with Crippen molar-refractivity contribution < 1.29 is 38.7 Å². The normalized spacial score (nSPS) is 14.8. The number of ether oxygens (including phenoxy) is 2. The number of hydrogen-bond donors (Lipinski definition) is 4. The number of carbonyl (C=O) groups excluding carboxylic acids is 5. The minimum Gasteiger partial charge on any atom is -0.464 e. The number of amides is 4. The summed E-state index contributed by atoms with van der Waals surface area (Å²) in [6.45, 7) is 11.3. The van der Waals surface area contributed by atoms with Gasteiger partial charge in [-0.2, -0.15) is 0 Å². The van der Waals surface area contributed by atoms with Gasteiger partial charge in [0.05, 0.1) is 6.61 Å². The smallest absolute Gasteiger partial charge is 0.407 e. The highest BCUT2D eigenvalue weighted by Crippen LogP contribution is 2.44. The molecule has 4 atom stereocenters. The minimum atomic E-state index is -1.38. The van der Waals surface area contributed by atoms with Crippen LogP contribution in [0.25, 0.3) is 11.1 Å². The average molecular weight is 625 g/mol. The van der Waals surface area contributed by atoms with Crippen LogP contribution in [0.15, 0.2) is 48.5 Å². The number of hydroxylamine groups is 2. The van der Waals surface area contributed by atoms with Crippen LogP contribution in [0.5, 0.6) is 0 Å². The number of nitrogens with one attached hydrogen (secondary N) is 3. The minimum absolute atomic E-state index is 0.0639. The fourth-order valence-electron chi connectivity index (χ4n) is 5.17. The van der Waals surface area contributed by atoms with Crippen LogP contribution >= 0.6 is 0 Å². The van der Waals surface area contributed by atoms with Gasteiger partial charge in [-0.15, -0.1) is 0 Å². The third-order valence-corrected chi connectivity index (χ3v) is 7.77. The highest BCUT2D eigenvalue weighted by molar-refractivity contribution is 5.94. The number of carbonyl (C=O) groups is 5. The molecule has 0 aromatic heterocycles. The second kappa shape index (κ2) is 15.5. The molecule has 0 radical (unpaired) electrons. The molecule has 0 bridgehead atoms. The van der Waals surface area contributed by atoms with E-state index >= 15 is 0 Å². The molecule has 1 aliphatic rings. The Labute approximate surface area is 263 Å². The summed E-state index contributed by atoms with van der Waals surface area (Å²) in [5.41, 5.74) is 4.27. The Hall–Kier alpha value is -4.45. The summed E-state index contributed by atoms with van der Waals surface area (Å²) < 4.78 is 10.6. The first-order valence-corrected chi connectivity index (χ1v) is 15.2. The van der Waals surface area contributed by atoms with Crippen molar-refractivity contribution in [2.75, 3.05) is 13.2 Å². The molecule has 45 heavy (non-hydrogen) atoms. The van der Waals surface area contributed by atoms with E-state index in [2.05, 4.69) is 16.0 Å². The molecular weight excluding hydrogens is 580 g/mol. The predicted octanol–water partition coefficient (Wildman–Crippen LogP) is 3.36. The number of hydrogen-bond acceptors (Lipinski definition) is 8. The van der Waals surface area contributed by atoms with E-state index in [1.165, 1.54) is 13.8 Å². The maximum Gasteiger partial charge on any atom is 0.407 e. The summed E-state index contributed by atoms with van der Waals surface area (Å²) in [4.78, 5) is 63.9. The quantitative estimate of drug-likeness (QED) is 0.150. The maximum atomic E-state index is 13.1. The lowest BCUT2D eigenvalue weighted by Gasteiger charge is -2.28. The Morgan fingerprint density at radius 2 is 1.29 bits per heavy atom. The molecule has 0 fully saturated rings. The van der Waals surface area contributed by atoms with Gasteiger partial charge in [0.15, 0.2) is 0 Å². The van der Waals surface area contributed by atoms with Gasteiger partial charge in [0.2, 0.25) is 11.8 Å². The zero-order valence-corrected chi connectivity index (χ0v) is 26.8. The van der Waals surface area contributed by atoms with E-state index in [4.69, 9.17) is 9.47 Å². The standard InChI is InChI=1S/C33H44N4O8/c1-8-44-32(41)28(19(4)5)35-29(38)21(7)37(43)31(40)20(6)34-30(39)27(18(2)3)36-33(42)45-17-26-24-15-11-9-13-22(24)23-14-10-12-16-25(23)26/h9-16,18-21,26-28,43H,8,17H2,1-7H3,(H,34,39)(H,35,38)(H,36,42)/t20-,21+,27-,28-/m0/s1. The largest absolute Gasteiger partial charge is 0.464 e. The molecule has 1 aliphatic carbocycles. The van der Waals surface area contributed by atoms with Crippen LogP contribution in [0.1, 0.15) is 65.5 Å². The van der Waals surface area contributed by atoms with Crippen molar-refractivity contribution in [1.29, 1.82) is 0 Å². The fourth-order valence-corrected chi connectivity index (χ4v) is 5.17. The molecule has 0 saturated heterocycles. The molecule has 4 amide bonds. The van der Waals surface area contributed by atoms with E-state index in [1.54, 1.807) is 34.6 Å². The van der Waals surface area contributed by atoms with Crippen molar-refractivity contribution in [3.63, 3.8) is 0 Å². The number of benzene rings is 2. The van der Waals surface area contributed by atoms with E-state index in [1.807, 2.05) is 48.5 Å². The lowest BCUT2D eigenvalue weighted by atomic mass is 9.98.